The highest BCUT2D eigenvalue weighted by molar-refractivity contribution is 5.82. The van der Waals surface area contributed by atoms with Gasteiger partial charge in [0.25, 0.3) is 0 Å². The van der Waals surface area contributed by atoms with Gasteiger partial charge < -0.3 is 20.8 Å². The third-order valence-corrected chi connectivity index (χ3v) is 4.08. The maximum atomic E-state index is 12.5. The third kappa shape index (κ3) is 4.19. The molecule has 2 atom stereocenters. The van der Waals surface area contributed by atoms with Crippen LogP contribution in [0.25, 0.3) is 0 Å². The van der Waals surface area contributed by atoms with Gasteiger partial charge in [-0.3, -0.25) is 4.79 Å². The number of carbonyl (C=O) groups is 1. The molecular formula is C16H24N2O3. The first-order chi connectivity index (χ1) is 10.1. The lowest BCUT2D eigenvalue weighted by Crippen LogP contribution is -2.51. The molecule has 2 rings (SSSR count). The van der Waals surface area contributed by atoms with Crippen LogP contribution in [0.15, 0.2) is 24.3 Å². The molecule has 4 N–H and O–H groups in total. The van der Waals surface area contributed by atoms with Crippen molar-refractivity contribution in [2.75, 3.05) is 13.2 Å². The molecule has 1 aliphatic rings. The van der Waals surface area contributed by atoms with Gasteiger partial charge in [0, 0.05) is 19.2 Å². The van der Waals surface area contributed by atoms with Crippen LogP contribution in [0, 0.1) is 0 Å². The Morgan fingerprint density at radius 2 is 2.05 bits per heavy atom. The number of aliphatic hydroxyl groups excluding tert-OH is 1. The molecule has 1 heterocycles. The number of phenolic OH excluding ortho intramolecular Hbond substituents is 1. The van der Waals surface area contributed by atoms with E-state index in [0.29, 0.717) is 12.8 Å². The summed E-state index contributed by atoms with van der Waals surface area (Å²) in [7, 11) is 0. The van der Waals surface area contributed by atoms with Crippen LogP contribution in [0.3, 0.4) is 0 Å². The van der Waals surface area contributed by atoms with E-state index in [1.54, 1.807) is 24.3 Å². The standard InChI is InChI=1S/C16H24N2O3/c17-15(11-12-4-6-14(20)7-5-12)16(21)18-9-2-1-3-13(18)8-10-19/h4-7,13,15,19-20H,1-3,8-11,17H2/t13?,15-/m0/s1. The van der Waals surface area contributed by atoms with Crippen LogP contribution < -0.4 is 5.73 Å². The molecule has 1 fully saturated rings. The summed E-state index contributed by atoms with van der Waals surface area (Å²) in [6.45, 7) is 0.828. The number of likely N-dealkylation sites (tertiary alicyclic amines) is 1. The number of aliphatic hydroxyl groups is 1. The summed E-state index contributed by atoms with van der Waals surface area (Å²) in [4.78, 5) is 14.4. The lowest BCUT2D eigenvalue weighted by molar-refractivity contribution is -0.136. The first-order valence-electron chi connectivity index (χ1n) is 7.56. The fourth-order valence-electron chi connectivity index (χ4n) is 2.93. The molecule has 0 bridgehead atoms. The quantitative estimate of drug-likeness (QED) is 0.756. The molecule has 1 aromatic rings. The number of phenols is 1. The first-order valence-corrected chi connectivity index (χ1v) is 7.56. The molecule has 0 aliphatic carbocycles. The van der Waals surface area contributed by atoms with Gasteiger partial charge in [0.1, 0.15) is 5.75 Å². The minimum absolute atomic E-state index is 0.0405. The smallest absolute Gasteiger partial charge is 0.240 e. The van der Waals surface area contributed by atoms with E-state index in [0.717, 1.165) is 31.4 Å². The number of aromatic hydroxyl groups is 1. The van der Waals surface area contributed by atoms with Gasteiger partial charge in [-0.1, -0.05) is 12.1 Å². The number of nitrogens with two attached hydrogens (primary N) is 1. The first kappa shape index (κ1) is 15.8. The fourth-order valence-corrected chi connectivity index (χ4v) is 2.93. The van der Waals surface area contributed by atoms with Crippen molar-refractivity contribution in [2.24, 2.45) is 5.73 Å². The minimum Gasteiger partial charge on any atom is -0.508 e. The van der Waals surface area contributed by atoms with E-state index >= 15 is 0 Å². The molecular weight excluding hydrogens is 268 g/mol. The molecule has 0 spiro atoms. The van der Waals surface area contributed by atoms with Crippen molar-refractivity contribution in [1.29, 1.82) is 0 Å². The zero-order valence-corrected chi connectivity index (χ0v) is 12.2. The predicted molar refractivity (Wildman–Crippen MR) is 80.8 cm³/mol. The van der Waals surface area contributed by atoms with E-state index in [2.05, 4.69) is 0 Å². The van der Waals surface area contributed by atoms with Crippen LogP contribution in [-0.2, 0) is 11.2 Å². The van der Waals surface area contributed by atoms with Gasteiger partial charge in [0.2, 0.25) is 5.91 Å². The zero-order valence-electron chi connectivity index (χ0n) is 12.2. The van der Waals surface area contributed by atoms with Crippen molar-refractivity contribution in [3.05, 3.63) is 29.8 Å². The average Bonchev–Trinajstić information content (AvgIpc) is 2.50. The Morgan fingerprint density at radius 3 is 2.71 bits per heavy atom. The Balaban J connectivity index is 1.98. The Morgan fingerprint density at radius 1 is 1.33 bits per heavy atom. The molecule has 21 heavy (non-hydrogen) atoms. The summed E-state index contributed by atoms with van der Waals surface area (Å²) in [6.07, 6.45) is 4.12. The van der Waals surface area contributed by atoms with Crippen molar-refractivity contribution in [1.82, 2.24) is 4.90 Å². The predicted octanol–water partition coefficient (Wildman–Crippen LogP) is 1.03. The second kappa shape index (κ2) is 7.43. The number of hydrogen-bond acceptors (Lipinski definition) is 4. The lowest BCUT2D eigenvalue weighted by atomic mass is 9.97. The second-order valence-electron chi connectivity index (χ2n) is 5.67. The van der Waals surface area contributed by atoms with Crippen LogP contribution in [0.4, 0.5) is 0 Å². The number of nitrogens with zero attached hydrogens (tertiary/aromatic N) is 1. The van der Waals surface area contributed by atoms with Crippen molar-refractivity contribution in [2.45, 2.75) is 44.2 Å². The largest absolute Gasteiger partial charge is 0.508 e. The van der Waals surface area contributed by atoms with Gasteiger partial charge in [0.05, 0.1) is 6.04 Å². The molecule has 116 valence electrons. The number of hydrogen-bond donors (Lipinski definition) is 3. The molecule has 0 aromatic heterocycles. The molecule has 1 amide bonds. The molecule has 1 saturated heterocycles. The number of benzene rings is 1. The summed E-state index contributed by atoms with van der Waals surface area (Å²) in [5.41, 5.74) is 6.99. The van der Waals surface area contributed by atoms with Gasteiger partial charge >= 0.3 is 0 Å². The van der Waals surface area contributed by atoms with Gasteiger partial charge in [-0.05, 0) is 49.8 Å². The third-order valence-electron chi connectivity index (χ3n) is 4.08. The lowest BCUT2D eigenvalue weighted by Gasteiger charge is -2.37. The summed E-state index contributed by atoms with van der Waals surface area (Å²) in [5.74, 6) is 0.166. The van der Waals surface area contributed by atoms with Crippen LogP contribution in [0.2, 0.25) is 0 Å². The molecule has 5 nitrogen and oxygen atoms in total. The average molecular weight is 292 g/mol. The van der Waals surface area contributed by atoms with E-state index < -0.39 is 6.04 Å². The summed E-state index contributed by atoms with van der Waals surface area (Å²) < 4.78 is 0. The molecule has 5 heteroatoms. The summed E-state index contributed by atoms with van der Waals surface area (Å²) in [5, 5.41) is 18.4. The van der Waals surface area contributed by atoms with Crippen molar-refractivity contribution in [3.63, 3.8) is 0 Å². The number of amides is 1. The normalized spacial score (nSPS) is 20.3. The topological polar surface area (TPSA) is 86.8 Å². The number of piperidine rings is 1. The molecule has 0 radical (unpaired) electrons. The second-order valence-corrected chi connectivity index (χ2v) is 5.67. The van der Waals surface area contributed by atoms with Gasteiger partial charge in [-0.2, -0.15) is 0 Å². The summed E-state index contributed by atoms with van der Waals surface area (Å²) in [6, 6.07) is 6.30. The Labute approximate surface area is 125 Å². The van der Waals surface area contributed by atoms with Crippen LogP contribution in [0.5, 0.6) is 5.75 Å². The van der Waals surface area contributed by atoms with Gasteiger partial charge in [-0.25, -0.2) is 0 Å². The molecule has 0 saturated carbocycles. The highest BCUT2D eigenvalue weighted by Gasteiger charge is 2.29. The van der Waals surface area contributed by atoms with E-state index in [1.165, 1.54) is 0 Å². The van der Waals surface area contributed by atoms with Crippen molar-refractivity contribution in [3.8, 4) is 5.75 Å². The zero-order chi connectivity index (χ0) is 15.2. The van der Waals surface area contributed by atoms with Crippen molar-refractivity contribution < 1.29 is 15.0 Å². The van der Waals surface area contributed by atoms with Crippen LogP contribution in [-0.4, -0.2) is 46.3 Å². The van der Waals surface area contributed by atoms with Crippen molar-refractivity contribution >= 4 is 5.91 Å². The van der Waals surface area contributed by atoms with Crippen LogP contribution >= 0.6 is 0 Å². The highest BCUT2D eigenvalue weighted by atomic mass is 16.3. The van der Waals surface area contributed by atoms with Gasteiger partial charge in [-0.15, -0.1) is 0 Å². The van der Waals surface area contributed by atoms with E-state index in [-0.39, 0.29) is 24.3 Å². The Bertz CT molecular complexity index is 459. The SMILES string of the molecule is N[C@@H](Cc1ccc(O)cc1)C(=O)N1CCCCC1CCO. The monoisotopic (exact) mass is 292 g/mol. The number of carbonyl (C=O) groups excluding carboxylic acids is 1. The van der Waals surface area contributed by atoms with E-state index in [4.69, 9.17) is 10.8 Å². The van der Waals surface area contributed by atoms with Crippen LogP contribution in [0.1, 0.15) is 31.2 Å². The fraction of sp³-hybridized carbons (Fsp3) is 0.562. The van der Waals surface area contributed by atoms with E-state index in [1.807, 2.05) is 4.90 Å². The van der Waals surface area contributed by atoms with Gasteiger partial charge in [0.15, 0.2) is 0 Å². The molecule has 1 aliphatic heterocycles. The number of rotatable bonds is 5. The molecule has 1 aromatic carbocycles. The minimum atomic E-state index is -0.575. The Kier molecular flexibility index (Phi) is 5.59. The molecule has 1 unspecified atom stereocenters. The maximum absolute atomic E-state index is 12.5. The summed E-state index contributed by atoms with van der Waals surface area (Å²) >= 11 is 0. The van der Waals surface area contributed by atoms with E-state index in [9.17, 15) is 9.90 Å². The highest BCUT2D eigenvalue weighted by Crippen LogP contribution is 2.21. The maximum Gasteiger partial charge on any atom is 0.240 e. The Hall–Kier alpha value is -1.59.